The molecule has 0 amide bonds. The number of nitrogens with zero attached hydrogens (tertiary/aromatic N) is 1. The van der Waals surface area contributed by atoms with E-state index in [0.717, 1.165) is 12.1 Å². The number of hydrogen-bond acceptors (Lipinski definition) is 5. The van der Waals surface area contributed by atoms with Gasteiger partial charge in [-0.25, -0.2) is 0 Å². The van der Waals surface area contributed by atoms with Gasteiger partial charge in [-0.15, -0.1) is 0 Å². The first kappa shape index (κ1) is 7.22. The fraction of sp³-hybridized carbons (Fsp3) is 0.222. The third-order valence-electron chi connectivity index (χ3n) is 1.94. The van der Waals surface area contributed by atoms with E-state index in [1.165, 1.54) is 6.92 Å². The van der Waals surface area contributed by atoms with Crippen molar-refractivity contribution in [3.8, 4) is 11.5 Å². The van der Waals surface area contributed by atoms with Crippen molar-refractivity contribution in [3.05, 3.63) is 27.8 Å². The van der Waals surface area contributed by atoms with Crippen LogP contribution >= 0.6 is 0 Å². The fourth-order valence-corrected chi connectivity index (χ4v) is 1.25. The Labute approximate surface area is 87.4 Å². The third kappa shape index (κ3) is 1.50. The zero-order valence-electron chi connectivity index (χ0n) is 9.64. The van der Waals surface area contributed by atoms with Gasteiger partial charge >= 0.3 is 0 Å². The summed E-state index contributed by atoms with van der Waals surface area (Å²) in [6.07, 6.45) is 0. The van der Waals surface area contributed by atoms with Crippen LogP contribution < -0.4 is 9.47 Å². The fourth-order valence-electron chi connectivity index (χ4n) is 1.25. The van der Waals surface area contributed by atoms with Gasteiger partial charge in [-0.2, -0.15) is 0 Å². The molecule has 1 aromatic rings. The Bertz CT molecular complexity index is 483. The van der Waals surface area contributed by atoms with E-state index >= 15 is 0 Å². The Morgan fingerprint density at radius 2 is 2.13 bits per heavy atom. The van der Waals surface area contributed by atoms with Crippen LogP contribution in [-0.4, -0.2) is 17.5 Å². The molecule has 0 aromatic heterocycles. The van der Waals surface area contributed by atoms with Gasteiger partial charge in [0.2, 0.25) is 6.75 Å². The summed E-state index contributed by atoms with van der Waals surface area (Å²) in [6, 6.07) is 2.09. The number of fused-ring (bicyclic) bond motifs is 1. The van der Waals surface area contributed by atoms with Crippen molar-refractivity contribution >= 4 is 11.5 Å². The summed E-state index contributed by atoms with van der Waals surface area (Å²) in [5, 5.41) is 10.8. The summed E-state index contributed by atoms with van der Waals surface area (Å²) >= 11 is 0. The first-order valence-electron chi connectivity index (χ1n) is 5.01. The number of carbonyl (C=O) groups excluding carboxylic acids is 1. The summed E-state index contributed by atoms with van der Waals surface area (Å²) in [5.74, 6) is -0.618. The summed E-state index contributed by atoms with van der Waals surface area (Å²) in [5.41, 5.74) is -0.576. The monoisotopic (exact) mass is 211 g/mol. The Morgan fingerprint density at radius 3 is 2.67 bits per heavy atom. The first-order valence-corrected chi connectivity index (χ1v) is 4.01. The van der Waals surface area contributed by atoms with Crippen molar-refractivity contribution < 1.29 is 21.9 Å². The molecule has 0 saturated heterocycles. The van der Waals surface area contributed by atoms with E-state index in [1.54, 1.807) is 0 Å². The zero-order valence-corrected chi connectivity index (χ0v) is 7.64. The molecular weight excluding hydrogens is 202 g/mol. The SMILES string of the molecule is [2H]C1([2H])Oc2cc(C(C)=O)c([N+](=O)[O-])cc2O1. The lowest BCUT2D eigenvalue weighted by Crippen LogP contribution is -1.99. The smallest absolute Gasteiger partial charge is 0.284 e. The number of nitro benzene ring substituents is 1. The van der Waals surface area contributed by atoms with Gasteiger partial charge in [0.05, 0.1) is 16.6 Å². The highest BCUT2D eigenvalue weighted by atomic mass is 16.7. The van der Waals surface area contributed by atoms with Crippen molar-refractivity contribution in [2.75, 3.05) is 6.75 Å². The number of carbonyl (C=O) groups is 1. The van der Waals surface area contributed by atoms with E-state index < -0.39 is 23.1 Å². The molecule has 1 aliphatic rings. The second-order valence-corrected chi connectivity index (χ2v) is 2.92. The van der Waals surface area contributed by atoms with Gasteiger partial charge in [-0.05, 0) is 6.92 Å². The quantitative estimate of drug-likeness (QED) is 0.421. The first-order chi connectivity index (χ1) is 7.80. The van der Waals surface area contributed by atoms with Crippen LogP contribution in [0.4, 0.5) is 5.69 Å². The van der Waals surface area contributed by atoms with Gasteiger partial charge in [0.25, 0.3) is 5.69 Å². The van der Waals surface area contributed by atoms with Crippen molar-refractivity contribution in [2.24, 2.45) is 0 Å². The molecule has 0 N–H and O–H groups in total. The largest absolute Gasteiger partial charge is 0.454 e. The maximum Gasteiger partial charge on any atom is 0.284 e. The summed E-state index contributed by atoms with van der Waals surface area (Å²) in [4.78, 5) is 21.3. The Balaban J connectivity index is 2.58. The highest BCUT2D eigenvalue weighted by Gasteiger charge is 2.25. The highest BCUT2D eigenvalue weighted by Crippen LogP contribution is 2.37. The van der Waals surface area contributed by atoms with E-state index in [4.69, 9.17) is 12.2 Å². The van der Waals surface area contributed by atoms with Gasteiger partial charge in [-0.1, -0.05) is 0 Å². The second-order valence-electron chi connectivity index (χ2n) is 2.92. The van der Waals surface area contributed by atoms with Crippen molar-refractivity contribution in [3.63, 3.8) is 0 Å². The van der Waals surface area contributed by atoms with Crippen molar-refractivity contribution in [1.29, 1.82) is 0 Å². The van der Waals surface area contributed by atoms with E-state index in [2.05, 4.69) is 0 Å². The standard InChI is InChI=1S/C9H7NO5/c1-5(11)6-2-8-9(15-4-14-8)3-7(6)10(12)13/h2-3H,4H2,1H3/i4D2. The van der Waals surface area contributed by atoms with E-state index in [0.29, 0.717) is 0 Å². The van der Waals surface area contributed by atoms with Gasteiger partial charge < -0.3 is 9.47 Å². The molecule has 1 aromatic carbocycles. The summed E-state index contributed by atoms with van der Waals surface area (Å²) in [6.45, 7) is -1.19. The number of ether oxygens (including phenoxy) is 2. The average molecular weight is 211 g/mol. The molecule has 2 rings (SSSR count). The van der Waals surface area contributed by atoms with Gasteiger partial charge in [0.1, 0.15) is 2.74 Å². The molecule has 0 unspecified atom stereocenters. The lowest BCUT2D eigenvalue weighted by molar-refractivity contribution is -0.385. The molecule has 0 atom stereocenters. The highest BCUT2D eigenvalue weighted by molar-refractivity contribution is 5.99. The maximum absolute atomic E-state index is 11.2. The molecule has 1 aliphatic heterocycles. The normalized spacial score (nSPS) is 17.9. The molecule has 0 saturated carbocycles. The lowest BCUT2D eigenvalue weighted by Gasteiger charge is -2.00. The van der Waals surface area contributed by atoms with Gasteiger partial charge in [0.15, 0.2) is 17.3 Å². The molecule has 78 valence electrons. The topological polar surface area (TPSA) is 78.7 Å². The Kier molecular flexibility index (Phi) is 1.55. The molecule has 0 spiro atoms. The molecular formula is C9H7NO5. The molecule has 0 aliphatic carbocycles. The van der Waals surface area contributed by atoms with Crippen molar-refractivity contribution in [1.82, 2.24) is 0 Å². The maximum atomic E-state index is 11.2. The van der Waals surface area contributed by atoms with Crippen LogP contribution in [0.3, 0.4) is 0 Å². The number of Topliss-reactive ketones (excluding diaryl/α,β-unsaturated/α-hetero) is 1. The minimum absolute atomic E-state index is 0.0224. The molecule has 1 heterocycles. The number of hydrogen-bond donors (Lipinski definition) is 0. The minimum atomic E-state index is -2.37. The van der Waals surface area contributed by atoms with Crippen LogP contribution in [0.25, 0.3) is 0 Å². The van der Waals surface area contributed by atoms with Crippen LogP contribution in [0.1, 0.15) is 20.0 Å². The van der Waals surface area contributed by atoms with E-state index in [-0.39, 0.29) is 17.1 Å². The summed E-state index contributed by atoms with van der Waals surface area (Å²) in [7, 11) is 0. The lowest BCUT2D eigenvalue weighted by atomic mass is 10.1. The number of benzene rings is 1. The Hall–Kier alpha value is -2.11. The van der Waals surface area contributed by atoms with Gasteiger partial charge in [0, 0.05) is 6.07 Å². The molecule has 6 heteroatoms. The predicted molar refractivity (Wildman–Crippen MR) is 49.2 cm³/mol. The van der Waals surface area contributed by atoms with E-state index in [1.807, 2.05) is 0 Å². The summed E-state index contributed by atoms with van der Waals surface area (Å²) < 4.78 is 23.9. The molecule has 6 nitrogen and oxygen atoms in total. The van der Waals surface area contributed by atoms with E-state index in [9.17, 15) is 14.9 Å². The van der Waals surface area contributed by atoms with Crippen molar-refractivity contribution in [2.45, 2.75) is 6.92 Å². The van der Waals surface area contributed by atoms with Crippen LogP contribution in [0, 0.1) is 10.1 Å². The van der Waals surface area contributed by atoms with Gasteiger partial charge in [-0.3, -0.25) is 14.9 Å². The number of ketones is 1. The zero-order chi connectivity index (χ0) is 12.8. The molecule has 0 radical (unpaired) electrons. The van der Waals surface area contributed by atoms with Crippen LogP contribution in [0.2, 0.25) is 0 Å². The predicted octanol–water partition coefficient (Wildman–Crippen LogP) is 1.53. The van der Waals surface area contributed by atoms with Crippen LogP contribution in [0.15, 0.2) is 12.1 Å². The minimum Gasteiger partial charge on any atom is -0.454 e. The Morgan fingerprint density at radius 1 is 1.53 bits per heavy atom. The average Bonchev–Trinajstić information content (AvgIpc) is 2.48. The molecule has 0 bridgehead atoms. The van der Waals surface area contributed by atoms with Crippen LogP contribution in [0.5, 0.6) is 11.5 Å². The number of nitro groups is 1. The second kappa shape index (κ2) is 3.23. The number of rotatable bonds is 2. The van der Waals surface area contributed by atoms with Crippen LogP contribution in [-0.2, 0) is 0 Å². The molecule has 15 heavy (non-hydrogen) atoms. The third-order valence-corrected chi connectivity index (χ3v) is 1.94. The molecule has 0 fully saturated rings.